The molecule has 2 N–H and O–H groups in total. The number of rotatable bonds is 3. The molecular weight excluding hydrogens is 191 g/mol. The number of H-pyrrole nitrogens is 1. The minimum absolute atomic E-state index is 0.191. The lowest BCUT2D eigenvalue weighted by Crippen LogP contribution is -2.21. The Morgan fingerprint density at radius 1 is 1.40 bits per heavy atom. The number of hydrogen-bond donors (Lipinski definition) is 2. The highest BCUT2D eigenvalue weighted by atomic mass is 19.1. The standard InChI is InChI=1S/C12H15FN2/c1-8(2)14-7-10-6-9-4-3-5-11(13)12(9)15-10/h3-6,8,14-15H,7H2,1-2H3. The minimum atomic E-state index is -0.191. The zero-order valence-corrected chi connectivity index (χ0v) is 8.97. The fourth-order valence-corrected chi connectivity index (χ4v) is 1.59. The summed E-state index contributed by atoms with van der Waals surface area (Å²) in [6.07, 6.45) is 0. The van der Waals surface area contributed by atoms with Crippen molar-refractivity contribution in [1.29, 1.82) is 0 Å². The number of benzene rings is 1. The molecule has 3 heteroatoms. The molecule has 80 valence electrons. The number of para-hydroxylation sites is 1. The van der Waals surface area contributed by atoms with E-state index in [1.54, 1.807) is 6.07 Å². The first kappa shape index (κ1) is 10.2. The Morgan fingerprint density at radius 3 is 2.87 bits per heavy atom. The average molecular weight is 206 g/mol. The van der Waals surface area contributed by atoms with E-state index < -0.39 is 0 Å². The molecule has 1 aromatic heterocycles. The number of halogens is 1. The highest BCUT2D eigenvalue weighted by Gasteiger charge is 2.04. The molecule has 0 fully saturated rings. The van der Waals surface area contributed by atoms with Crippen molar-refractivity contribution in [3.8, 4) is 0 Å². The Bertz CT molecular complexity index is 460. The maximum absolute atomic E-state index is 13.3. The third-order valence-electron chi connectivity index (χ3n) is 2.36. The second kappa shape index (κ2) is 4.03. The van der Waals surface area contributed by atoms with Crippen LogP contribution in [0.5, 0.6) is 0 Å². The highest BCUT2D eigenvalue weighted by molar-refractivity contribution is 5.80. The first-order valence-electron chi connectivity index (χ1n) is 5.16. The van der Waals surface area contributed by atoms with Crippen molar-refractivity contribution in [3.05, 3.63) is 35.8 Å². The predicted molar refractivity (Wildman–Crippen MR) is 60.2 cm³/mol. The molecule has 0 saturated heterocycles. The summed E-state index contributed by atoms with van der Waals surface area (Å²) in [6, 6.07) is 7.52. The summed E-state index contributed by atoms with van der Waals surface area (Å²) in [7, 11) is 0. The van der Waals surface area contributed by atoms with Crippen molar-refractivity contribution in [2.24, 2.45) is 0 Å². The maximum Gasteiger partial charge on any atom is 0.147 e. The molecule has 2 aromatic rings. The molecule has 2 rings (SSSR count). The van der Waals surface area contributed by atoms with Gasteiger partial charge in [0.25, 0.3) is 0 Å². The van der Waals surface area contributed by atoms with E-state index in [0.717, 1.165) is 17.6 Å². The lowest BCUT2D eigenvalue weighted by Gasteiger charge is -2.05. The largest absolute Gasteiger partial charge is 0.355 e. The number of aromatic nitrogens is 1. The first-order valence-corrected chi connectivity index (χ1v) is 5.16. The third kappa shape index (κ3) is 2.18. The Kier molecular flexibility index (Phi) is 2.73. The summed E-state index contributed by atoms with van der Waals surface area (Å²) in [4.78, 5) is 3.08. The monoisotopic (exact) mass is 206 g/mol. The second-order valence-corrected chi connectivity index (χ2v) is 4.03. The molecule has 0 aliphatic rings. The summed E-state index contributed by atoms with van der Waals surface area (Å²) in [5, 5.41) is 4.21. The van der Waals surface area contributed by atoms with Crippen LogP contribution in [0.15, 0.2) is 24.3 Å². The predicted octanol–water partition coefficient (Wildman–Crippen LogP) is 2.81. The third-order valence-corrected chi connectivity index (χ3v) is 2.36. The molecule has 15 heavy (non-hydrogen) atoms. The fraction of sp³-hybridized carbons (Fsp3) is 0.333. The number of nitrogens with one attached hydrogen (secondary N) is 2. The van der Waals surface area contributed by atoms with Crippen molar-refractivity contribution in [1.82, 2.24) is 10.3 Å². The van der Waals surface area contributed by atoms with Crippen molar-refractivity contribution >= 4 is 10.9 Å². The van der Waals surface area contributed by atoms with E-state index >= 15 is 0 Å². The smallest absolute Gasteiger partial charge is 0.147 e. The van der Waals surface area contributed by atoms with Gasteiger partial charge < -0.3 is 10.3 Å². The molecule has 0 unspecified atom stereocenters. The van der Waals surface area contributed by atoms with Gasteiger partial charge in [0, 0.05) is 23.7 Å². The number of aromatic amines is 1. The van der Waals surface area contributed by atoms with Gasteiger partial charge in [0.15, 0.2) is 0 Å². The Balaban J connectivity index is 2.27. The fourth-order valence-electron chi connectivity index (χ4n) is 1.59. The van der Waals surface area contributed by atoms with E-state index in [4.69, 9.17) is 0 Å². The summed E-state index contributed by atoms with van der Waals surface area (Å²) >= 11 is 0. The lowest BCUT2D eigenvalue weighted by atomic mass is 10.2. The van der Waals surface area contributed by atoms with E-state index in [9.17, 15) is 4.39 Å². The van der Waals surface area contributed by atoms with Crippen LogP contribution in [0, 0.1) is 5.82 Å². The lowest BCUT2D eigenvalue weighted by molar-refractivity contribution is 0.582. The van der Waals surface area contributed by atoms with Gasteiger partial charge in [0.05, 0.1) is 5.52 Å². The maximum atomic E-state index is 13.3. The SMILES string of the molecule is CC(C)NCc1cc2cccc(F)c2[nH]1. The molecule has 0 aliphatic heterocycles. The van der Waals surface area contributed by atoms with Crippen molar-refractivity contribution < 1.29 is 4.39 Å². The molecular formula is C12H15FN2. The summed E-state index contributed by atoms with van der Waals surface area (Å²) < 4.78 is 13.3. The van der Waals surface area contributed by atoms with Crippen molar-refractivity contribution in [2.45, 2.75) is 26.4 Å². The van der Waals surface area contributed by atoms with Gasteiger partial charge in [0.1, 0.15) is 5.82 Å². The average Bonchev–Trinajstić information content (AvgIpc) is 2.59. The van der Waals surface area contributed by atoms with Crippen LogP contribution in [0.25, 0.3) is 10.9 Å². The zero-order valence-electron chi connectivity index (χ0n) is 8.97. The van der Waals surface area contributed by atoms with Gasteiger partial charge in [-0.3, -0.25) is 0 Å². The molecule has 0 spiro atoms. The summed E-state index contributed by atoms with van der Waals surface area (Å²) in [5.74, 6) is -0.191. The topological polar surface area (TPSA) is 27.8 Å². The van der Waals surface area contributed by atoms with Crippen LogP contribution in [-0.4, -0.2) is 11.0 Å². The Labute approximate surface area is 88.5 Å². The van der Waals surface area contributed by atoms with E-state index in [0.29, 0.717) is 11.6 Å². The van der Waals surface area contributed by atoms with Gasteiger partial charge in [-0.05, 0) is 12.1 Å². The molecule has 1 aromatic carbocycles. The summed E-state index contributed by atoms with van der Waals surface area (Å²) in [5.41, 5.74) is 1.61. The van der Waals surface area contributed by atoms with E-state index in [-0.39, 0.29) is 5.82 Å². The van der Waals surface area contributed by atoms with Crippen LogP contribution in [-0.2, 0) is 6.54 Å². The van der Waals surface area contributed by atoms with Gasteiger partial charge in [0.2, 0.25) is 0 Å². The number of hydrogen-bond acceptors (Lipinski definition) is 1. The zero-order chi connectivity index (χ0) is 10.8. The van der Waals surface area contributed by atoms with Gasteiger partial charge in [-0.25, -0.2) is 4.39 Å². The van der Waals surface area contributed by atoms with Gasteiger partial charge in [-0.2, -0.15) is 0 Å². The molecule has 0 bridgehead atoms. The van der Waals surface area contributed by atoms with Crippen LogP contribution in [0.3, 0.4) is 0 Å². The molecule has 0 radical (unpaired) electrons. The molecule has 0 atom stereocenters. The van der Waals surface area contributed by atoms with Crippen LogP contribution >= 0.6 is 0 Å². The summed E-state index contributed by atoms with van der Waals surface area (Å²) in [6.45, 7) is 4.91. The highest BCUT2D eigenvalue weighted by Crippen LogP contribution is 2.18. The second-order valence-electron chi connectivity index (χ2n) is 4.03. The van der Waals surface area contributed by atoms with E-state index in [1.165, 1.54) is 6.07 Å². The van der Waals surface area contributed by atoms with Gasteiger partial charge in [-0.1, -0.05) is 26.0 Å². The molecule has 1 heterocycles. The van der Waals surface area contributed by atoms with Crippen LogP contribution in [0.4, 0.5) is 4.39 Å². The Morgan fingerprint density at radius 2 is 2.20 bits per heavy atom. The normalized spacial score (nSPS) is 11.5. The number of fused-ring (bicyclic) bond motifs is 1. The van der Waals surface area contributed by atoms with Crippen LogP contribution in [0.2, 0.25) is 0 Å². The van der Waals surface area contributed by atoms with Crippen LogP contribution in [0.1, 0.15) is 19.5 Å². The quantitative estimate of drug-likeness (QED) is 0.794. The minimum Gasteiger partial charge on any atom is -0.355 e. The van der Waals surface area contributed by atoms with Crippen molar-refractivity contribution in [3.63, 3.8) is 0 Å². The first-order chi connectivity index (χ1) is 7.16. The molecule has 0 saturated carbocycles. The van der Waals surface area contributed by atoms with Gasteiger partial charge >= 0.3 is 0 Å². The molecule has 0 aliphatic carbocycles. The Hall–Kier alpha value is -1.35. The van der Waals surface area contributed by atoms with Crippen molar-refractivity contribution in [2.75, 3.05) is 0 Å². The molecule has 0 amide bonds. The molecule has 2 nitrogen and oxygen atoms in total. The van der Waals surface area contributed by atoms with Crippen LogP contribution < -0.4 is 5.32 Å². The van der Waals surface area contributed by atoms with E-state index in [2.05, 4.69) is 24.1 Å². The van der Waals surface area contributed by atoms with E-state index in [1.807, 2.05) is 12.1 Å². The van der Waals surface area contributed by atoms with Gasteiger partial charge in [-0.15, -0.1) is 0 Å².